The Bertz CT molecular complexity index is 1780. The fourth-order valence-electron chi connectivity index (χ4n) is 3.71. The molecule has 0 aliphatic carbocycles. The van der Waals surface area contributed by atoms with Gasteiger partial charge in [0.25, 0.3) is 11.8 Å². The highest BCUT2D eigenvalue weighted by atomic mass is 33.1. The molecule has 0 saturated carbocycles. The van der Waals surface area contributed by atoms with Crippen LogP contribution in [-0.2, 0) is 20.0 Å². The van der Waals surface area contributed by atoms with E-state index in [1.807, 2.05) is 0 Å². The van der Waals surface area contributed by atoms with Crippen LogP contribution in [0.15, 0.2) is 105 Å². The van der Waals surface area contributed by atoms with Gasteiger partial charge in [-0.2, -0.15) is 0 Å². The molecule has 230 valence electrons. The van der Waals surface area contributed by atoms with Gasteiger partial charge in [0.05, 0.1) is 35.1 Å². The second-order valence-corrected chi connectivity index (χ2v) is 14.3. The number of carbonyl (C=O) groups is 2. The smallest absolute Gasteiger partial charge is 0.256 e. The molecule has 0 radical (unpaired) electrons. The summed E-state index contributed by atoms with van der Waals surface area (Å²) < 4.78 is 56.9. The molecule has 4 aromatic rings. The van der Waals surface area contributed by atoms with E-state index in [4.69, 9.17) is 19.8 Å². The average molecular weight is 675 g/mol. The first-order valence-corrected chi connectivity index (χ1v) is 17.6. The molecular weight excluding hydrogens is 649 g/mol. The Morgan fingerprint density at radius 3 is 1.23 bits per heavy atom. The fourth-order valence-corrected chi connectivity index (χ4v) is 7.12. The van der Waals surface area contributed by atoms with Crippen molar-refractivity contribution in [3.05, 3.63) is 96.1 Å². The third-order valence-corrected chi connectivity index (χ3v) is 10.3. The summed E-state index contributed by atoms with van der Waals surface area (Å²) in [6, 6.07) is 20.6. The number of methoxy groups -OCH3 is 2. The molecule has 0 bridgehead atoms. The summed E-state index contributed by atoms with van der Waals surface area (Å²) in [5, 5.41) is 15.8. The summed E-state index contributed by atoms with van der Waals surface area (Å²) in [5.41, 5.74) is 1.29. The van der Waals surface area contributed by atoms with Crippen molar-refractivity contribution in [2.75, 3.05) is 24.9 Å². The van der Waals surface area contributed by atoms with Crippen LogP contribution in [0, 0.1) is 0 Å². The number of primary sulfonamides is 2. The largest absolute Gasteiger partial charge is 0.497 e. The van der Waals surface area contributed by atoms with E-state index in [9.17, 15) is 26.4 Å². The summed E-state index contributed by atoms with van der Waals surface area (Å²) in [4.78, 5) is 27.3. The maximum Gasteiger partial charge on any atom is 0.256 e. The minimum Gasteiger partial charge on any atom is -0.497 e. The van der Waals surface area contributed by atoms with Crippen molar-refractivity contribution >= 4 is 64.8 Å². The molecule has 0 atom stereocenters. The Morgan fingerprint density at radius 2 is 0.932 bits per heavy atom. The molecule has 0 spiro atoms. The standard InChI is InChI=1S/C28H26N4O8S4/c1-39-19-7-13-23(27(33)31-17-3-9-21(10-4-17)43(29,35)36)25(15-19)41-42-26-16-20(40-2)8-14-24(26)28(34)32-18-5-11-22(12-6-18)44(30,37)38/h3-16H,1-2H3,(H,31,33)(H,32,34)(H2,29,35,36)(H2,30,37,38). The highest BCUT2D eigenvalue weighted by Gasteiger charge is 2.19. The van der Waals surface area contributed by atoms with Crippen molar-refractivity contribution < 1.29 is 35.9 Å². The molecule has 16 heteroatoms. The van der Waals surface area contributed by atoms with Gasteiger partial charge in [0.2, 0.25) is 20.0 Å². The molecule has 0 fully saturated rings. The van der Waals surface area contributed by atoms with Gasteiger partial charge in [-0.05, 0) is 84.9 Å². The van der Waals surface area contributed by atoms with Gasteiger partial charge in [0.1, 0.15) is 11.5 Å². The normalized spacial score (nSPS) is 11.5. The Balaban J connectivity index is 1.57. The first kappa shape index (κ1) is 32.8. The second-order valence-electron chi connectivity index (χ2n) is 8.94. The van der Waals surface area contributed by atoms with E-state index in [0.29, 0.717) is 43.8 Å². The van der Waals surface area contributed by atoms with Gasteiger partial charge in [-0.1, -0.05) is 21.6 Å². The fraction of sp³-hybridized carbons (Fsp3) is 0.0714. The molecule has 6 N–H and O–H groups in total. The van der Waals surface area contributed by atoms with Crippen LogP contribution in [0.4, 0.5) is 11.4 Å². The van der Waals surface area contributed by atoms with Gasteiger partial charge in [-0.25, -0.2) is 27.1 Å². The van der Waals surface area contributed by atoms with E-state index in [1.54, 1.807) is 36.4 Å². The lowest BCUT2D eigenvalue weighted by Gasteiger charge is -2.14. The quantitative estimate of drug-likeness (QED) is 0.166. The number of nitrogens with two attached hydrogens (primary N) is 2. The van der Waals surface area contributed by atoms with Gasteiger partial charge >= 0.3 is 0 Å². The zero-order valence-electron chi connectivity index (χ0n) is 23.1. The molecule has 4 rings (SSSR count). The van der Waals surface area contributed by atoms with E-state index in [-0.39, 0.29) is 9.79 Å². The lowest BCUT2D eigenvalue weighted by atomic mass is 10.2. The number of carbonyl (C=O) groups excluding carboxylic acids is 2. The molecule has 44 heavy (non-hydrogen) atoms. The maximum absolute atomic E-state index is 13.2. The second kappa shape index (κ2) is 13.7. The molecule has 0 saturated heterocycles. The zero-order chi connectivity index (χ0) is 32.1. The topological polar surface area (TPSA) is 197 Å². The lowest BCUT2D eigenvalue weighted by Crippen LogP contribution is -2.15. The Morgan fingerprint density at radius 1 is 0.591 bits per heavy atom. The highest BCUT2D eigenvalue weighted by Crippen LogP contribution is 2.43. The number of sulfonamides is 2. The summed E-state index contributed by atoms with van der Waals surface area (Å²) in [6.45, 7) is 0. The van der Waals surface area contributed by atoms with E-state index in [2.05, 4.69) is 10.6 Å². The number of hydrogen-bond acceptors (Lipinski definition) is 10. The first-order valence-electron chi connectivity index (χ1n) is 12.4. The van der Waals surface area contributed by atoms with Crippen LogP contribution in [0.25, 0.3) is 0 Å². The Labute approximate surface area is 262 Å². The molecule has 0 aliphatic rings. The molecule has 0 aliphatic heterocycles. The number of rotatable bonds is 11. The third kappa shape index (κ3) is 8.31. The minimum atomic E-state index is -3.88. The summed E-state index contributed by atoms with van der Waals surface area (Å²) in [7, 11) is -2.39. The third-order valence-electron chi connectivity index (χ3n) is 5.97. The molecule has 2 amide bonds. The van der Waals surface area contributed by atoms with Crippen LogP contribution in [0.5, 0.6) is 11.5 Å². The van der Waals surface area contributed by atoms with Crippen LogP contribution in [-0.4, -0.2) is 42.9 Å². The monoisotopic (exact) mass is 674 g/mol. The summed E-state index contributed by atoms with van der Waals surface area (Å²) >= 11 is 0. The van der Waals surface area contributed by atoms with Crippen molar-refractivity contribution in [3.8, 4) is 11.5 Å². The molecule has 0 heterocycles. The number of anilines is 2. The van der Waals surface area contributed by atoms with E-state index in [1.165, 1.54) is 84.3 Å². The van der Waals surface area contributed by atoms with Gasteiger partial charge in [0.15, 0.2) is 0 Å². The maximum atomic E-state index is 13.2. The van der Waals surface area contributed by atoms with Gasteiger partial charge < -0.3 is 20.1 Å². The lowest BCUT2D eigenvalue weighted by molar-refractivity contribution is 0.101. The van der Waals surface area contributed by atoms with Crippen LogP contribution in [0.2, 0.25) is 0 Å². The SMILES string of the molecule is COc1ccc(C(=O)Nc2ccc(S(N)(=O)=O)cc2)c(SSc2cc(OC)ccc2C(=O)Nc2ccc(S(N)(=O)=O)cc2)c1. The molecular formula is C28H26N4O8S4. The summed E-state index contributed by atoms with van der Waals surface area (Å²) in [5.74, 6) is 0.0544. The van der Waals surface area contributed by atoms with Gasteiger partial charge in [-0.15, -0.1) is 0 Å². The van der Waals surface area contributed by atoms with E-state index >= 15 is 0 Å². The molecule has 12 nitrogen and oxygen atoms in total. The van der Waals surface area contributed by atoms with E-state index < -0.39 is 31.9 Å². The van der Waals surface area contributed by atoms with Crippen molar-refractivity contribution in [2.24, 2.45) is 10.3 Å². The van der Waals surface area contributed by atoms with E-state index in [0.717, 1.165) is 0 Å². The number of hydrogen-bond donors (Lipinski definition) is 4. The number of amides is 2. The number of ether oxygens (including phenoxy) is 2. The van der Waals surface area contributed by atoms with Crippen LogP contribution in [0.3, 0.4) is 0 Å². The predicted octanol–water partition coefficient (Wildman–Crippen LogP) is 4.30. The van der Waals surface area contributed by atoms with Crippen molar-refractivity contribution in [3.63, 3.8) is 0 Å². The van der Waals surface area contributed by atoms with Crippen molar-refractivity contribution in [1.82, 2.24) is 0 Å². The molecule has 0 aromatic heterocycles. The molecule has 0 unspecified atom stereocenters. The highest BCUT2D eigenvalue weighted by molar-refractivity contribution is 8.76. The zero-order valence-corrected chi connectivity index (χ0v) is 26.4. The Hall–Kier alpha value is -4.06. The molecule has 4 aromatic carbocycles. The minimum absolute atomic E-state index is 0.0914. The van der Waals surface area contributed by atoms with Crippen LogP contribution < -0.4 is 30.4 Å². The van der Waals surface area contributed by atoms with Crippen molar-refractivity contribution in [2.45, 2.75) is 19.6 Å². The van der Waals surface area contributed by atoms with Gasteiger partial charge in [-0.3, -0.25) is 9.59 Å². The summed E-state index contributed by atoms with van der Waals surface area (Å²) in [6.07, 6.45) is 0. The average Bonchev–Trinajstić information content (AvgIpc) is 2.99. The van der Waals surface area contributed by atoms with Crippen LogP contribution in [0.1, 0.15) is 20.7 Å². The Kier molecular flexibility index (Phi) is 10.2. The van der Waals surface area contributed by atoms with Crippen molar-refractivity contribution in [1.29, 1.82) is 0 Å². The van der Waals surface area contributed by atoms with Crippen LogP contribution >= 0.6 is 21.6 Å². The number of nitrogens with one attached hydrogen (secondary N) is 2. The number of benzene rings is 4. The first-order chi connectivity index (χ1) is 20.8. The predicted molar refractivity (Wildman–Crippen MR) is 169 cm³/mol. The van der Waals surface area contributed by atoms with Gasteiger partial charge in [0, 0.05) is 21.2 Å².